The van der Waals surface area contributed by atoms with E-state index >= 15 is 0 Å². The molecule has 0 saturated carbocycles. The molecule has 0 aliphatic carbocycles. The van der Waals surface area contributed by atoms with Crippen LogP contribution in [0, 0.1) is 11.8 Å². The van der Waals surface area contributed by atoms with Crippen LogP contribution < -0.4 is 4.89 Å². The Balaban J connectivity index is 2.85. The first-order valence-electron chi connectivity index (χ1n) is 5.87. The third-order valence-corrected chi connectivity index (χ3v) is 2.88. The van der Waals surface area contributed by atoms with Gasteiger partial charge in [-0.25, -0.2) is 0 Å². The zero-order valence-corrected chi connectivity index (χ0v) is 10.9. The first kappa shape index (κ1) is 13.0. The molecule has 2 nitrogen and oxygen atoms in total. The second-order valence-corrected chi connectivity index (χ2v) is 4.83. The summed E-state index contributed by atoms with van der Waals surface area (Å²) < 4.78 is 0. The molecule has 0 saturated heterocycles. The van der Waals surface area contributed by atoms with Gasteiger partial charge in [-0.2, -0.15) is 4.89 Å². The second-order valence-electron chi connectivity index (χ2n) is 4.83. The average molecular weight is 222 g/mol. The van der Waals surface area contributed by atoms with Crippen LogP contribution in [0.2, 0.25) is 0 Å². The summed E-state index contributed by atoms with van der Waals surface area (Å²) in [6.45, 7) is 9.07. The summed E-state index contributed by atoms with van der Waals surface area (Å²) in [5.41, 5.74) is 1.37. The molecule has 0 unspecified atom stereocenters. The summed E-state index contributed by atoms with van der Waals surface area (Å²) in [6.07, 6.45) is 0. The Labute approximate surface area is 98.5 Å². The van der Waals surface area contributed by atoms with Crippen molar-refractivity contribution in [3.63, 3.8) is 0 Å². The fraction of sp³-hybridized carbons (Fsp3) is 0.571. The van der Waals surface area contributed by atoms with Gasteiger partial charge in [0.1, 0.15) is 0 Å². The minimum atomic E-state index is 0.594. The van der Waals surface area contributed by atoms with Gasteiger partial charge in [-0.15, -0.1) is 0 Å². The zero-order valence-electron chi connectivity index (χ0n) is 10.9. The fourth-order valence-electron chi connectivity index (χ4n) is 2.38. The van der Waals surface area contributed by atoms with Gasteiger partial charge in [-0.05, 0) is 35.4 Å². The molecule has 0 atom stereocenters. The lowest BCUT2D eigenvalue weighted by Gasteiger charge is -2.25. The van der Waals surface area contributed by atoms with Gasteiger partial charge in [-0.3, -0.25) is 0 Å². The van der Waals surface area contributed by atoms with E-state index < -0.39 is 0 Å². The van der Waals surface area contributed by atoms with Crippen molar-refractivity contribution in [2.24, 2.45) is 11.8 Å². The topological polar surface area (TPSA) is 18.5 Å². The molecule has 1 rings (SSSR count). The molecule has 90 valence electrons. The third kappa shape index (κ3) is 3.24. The van der Waals surface area contributed by atoms with E-state index in [4.69, 9.17) is 4.89 Å². The summed E-state index contributed by atoms with van der Waals surface area (Å²) >= 11 is 0. The van der Waals surface area contributed by atoms with Gasteiger partial charge in [0.05, 0.1) is 7.11 Å². The second kappa shape index (κ2) is 5.90. The Bertz CT molecular complexity index is 293. The lowest BCUT2D eigenvalue weighted by molar-refractivity contribution is -0.178. The van der Waals surface area contributed by atoms with Crippen LogP contribution in [-0.2, 0) is 4.89 Å². The van der Waals surface area contributed by atoms with Gasteiger partial charge in [0, 0.05) is 0 Å². The van der Waals surface area contributed by atoms with E-state index in [0.717, 1.165) is 5.75 Å². The average Bonchev–Trinajstić information content (AvgIpc) is 2.20. The molecule has 2 heteroatoms. The Morgan fingerprint density at radius 3 is 1.75 bits per heavy atom. The van der Waals surface area contributed by atoms with Crippen molar-refractivity contribution in [1.82, 2.24) is 0 Å². The molecule has 1 aromatic rings. The van der Waals surface area contributed by atoms with Gasteiger partial charge in [0.2, 0.25) is 0 Å². The number of hydrogen-bond donors (Lipinski definition) is 0. The highest BCUT2D eigenvalue weighted by molar-refractivity contribution is 5.29. The molecule has 1 aromatic carbocycles. The van der Waals surface area contributed by atoms with Gasteiger partial charge in [-0.1, -0.05) is 39.8 Å². The predicted octanol–water partition coefficient (Wildman–Crippen LogP) is 4.02. The molecule has 0 heterocycles. The van der Waals surface area contributed by atoms with Crippen LogP contribution in [0.1, 0.15) is 39.2 Å². The van der Waals surface area contributed by atoms with Gasteiger partial charge in [0.15, 0.2) is 5.75 Å². The van der Waals surface area contributed by atoms with E-state index in [1.807, 2.05) is 12.1 Å². The van der Waals surface area contributed by atoms with Gasteiger partial charge >= 0.3 is 0 Å². The number of hydrogen-bond acceptors (Lipinski definition) is 2. The molecule has 0 aliphatic heterocycles. The smallest absolute Gasteiger partial charge is 0.165 e. The highest BCUT2D eigenvalue weighted by Gasteiger charge is 2.19. The molecular weight excluding hydrogens is 200 g/mol. The molecular formula is C14H22O2. The molecule has 0 aromatic heterocycles. The van der Waals surface area contributed by atoms with Gasteiger partial charge < -0.3 is 4.89 Å². The standard InChI is InChI=1S/C14H22O2/c1-10(2)14(11(3)4)12-6-8-13(9-7-12)16-15-5/h6-11,14H,1-5H3. The van der Waals surface area contributed by atoms with Crippen LogP contribution in [-0.4, -0.2) is 7.11 Å². The van der Waals surface area contributed by atoms with Crippen LogP contribution in [0.25, 0.3) is 0 Å². The van der Waals surface area contributed by atoms with Crippen LogP contribution in [0.15, 0.2) is 24.3 Å². The lowest BCUT2D eigenvalue weighted by atomic mass is 9.80. The monoisotopic (exact) mass is 222 g/mol. The minimum absolute atomic E-state index is 0.594. The minimum Gasteiger partial charge on any atom is -0.338 e. The summed E-state index contributed by atoms with van der Waals surface area (Å²) in [7, 11) is 1.51. The maximum absolute atomic E-state index is 4.96. The molecule has 16 heavy (non-hydrogen) atoms. The lowest BCUT2D eigenvalue weighted by Crippen LogP contribution is -2.13. The number of benzene rings is 1. The quantitative estimate of drug-likeness (QED) is 0.553. The zero-order chi connectivity index (χ0) is 12.1. The van der Waals surface area contributed by atoms with Crippen LogP contribution in [0.4, 0.5) is 0 Å². The van der Waals surface area contributed by atoms with E-state index in [0.29, 0.717) is 17.8 Å². The molecule has 0 radical (unpaired) electrons. The van der Waals surface area contributed by atoms with Gasteiger partial charge in [0.25, 0.3) is 0 Å². The van der Waals surface area contributed by atoms with Crippen molar-refractivity contribution in [2.75, 3.05) is 7.11 Å². The number of rotatable bonds is 5. The fourth-order valence-corrected chi connectivity index (χ4v) is 2.38. The normalized spacial score (nSPS) is 11.5. The third-order valence-electron chi connectivity index (χ3n) is 2.88. The Hall–Kier alpha value is -1.02. The Morgan fingerprint density at radius 1 is 0.875 bits per heavy atom. The first-order chi connectivity index (χ1) is 7.56. The first-order valence-corrected chi connectivity index (χ1v) is 5.87. The largest absolute Gasteiger partial charge is 0.338 e. The summed E-state index contributed by atoms with van der Waals surface area (Å²) in [4.78, 5) is 9.58. The van der Waals surface area contributed by atoms with Crippen molar-refractivity contribution in [3.05, 3.63) is 29.8 Å². The summed E-state index contributed by atoms with van der Waals surface area (Å²) in [5.74, 6) is 2.64. The van der Waals surface area contributed by atoms with Crippen LogP contribution in [0.3, 0.4) is 0 Å². The molecule has 0 bridgehead atoms. The van der Waals surface area contributed by atoms with Crippen molar-refractivity contribution in [2.45, 2.75) is 33.6 Å². The van der Waals surface area contributed by atoms with E-state index in [1.165, 1.54) is 12.7 Å². The maximum Gasteiger partial charge on any atom is 0.165 e. The van der Waals surface area contributed by atoms with E-state index in [9.17, 15) is 0 Å². The van der Waals surface area contributed by atoms with Crippen molar-refractivity contribution < 1.29 is 9.78 Å². The SMILES string of the molecule is COOc1ccc(C(C(C)C)C(C)C)cc1. The highest BCUT2D eigenvalue weighted by Crippen LogP contribution is 2.32. The van der Waals surface area contributed by atoms with Crippen LogP contribution in [0.5, 0.6) is 5.75 Å². The summed E-state index contributed by atoms with van der Waals surface area (Å²) in [5, 5.41) is 0. The van der Waals surface area contributed by atoms with Crippen LogP contribution >= 0.6 is 0 Å². The highest BCUT2D eigenvalue weighted by atomic mass is 17.2. The molecule has 0 aliphatic rings. The maximum atomic E-state index is 4.96. The molecule has 0 fully saturated rings. The van der Waals surface area contributed by atoms with Crippen molar-refractivity contribution in [1.29, 1.82) is 0 Å². The molecule has 0 spiro atoms. The molecule has 0 N–H and O–H groups in total. The van der Waals surface area contributed by atoms with E-state index in [2.05, 4.69) is 44.7 Å². The Morgan fingerprint density at radius 2 is 1.38 bits per heavy atom. The van der Waals surface area contributed by atoms with E-state index in [-0.39, 0.29) is 0 Å². The van der Waals surface area contributed by atoms with Crippen molar-refractivity contribution in [3.8, 4) is 5.75 Å². The summed E-state index contributed by atoms with van der Waals surface area (Å²) in [6, 6.07) is 8.16. The Kier molecular flexibility index (Phi) is 4.81. The van der Waals surface area contributed by atoms with Crippen molar-refractivity contribution >= 4 is 0 Å². The van der Waals surface area contributed by atoms with E-state index in [1.54, 1.807) is 0 Å². The molecule has 0 amide bonds. The predicted molar refractivity (Wildman–Crippen MR) is 66.5 cm³/mol.